The number of ether oxygens (including phenoxy) is 1. The van der Waals surface area contributed by atoms with E-state index < -0.39 is 6.09 Å². The molecular formula is C16H17IN2O3. The molecule has 0 aliphatic rings. The van der Waals surface area contributed by atoms with Crippen molar-refractivity contribution in [2.24, 2.45) is 0 Å². The number of H-pyrrole nitrogens is 1. The first-order valence-electron chi connectivity index (χ1n) is 7.04. The number of hydrogen-bond acceptors (Lipinski definition) is 3. The zero-order chi connectivity index (χ0) is 15.9. The van der Waals surface area contributed by atoms with Gasteiger partial charge >= 0.3 is 6.09 Å². The number of anilines is 1. The second-order valence-electron chi connectivity index (χ2n) is 4.71. The first-order valence-corrected chi connectivity index (χ1v) is 8.11. The van der Waals surface area contributed by atoms with Crippen LogP contribution in [0.15, 0.2) is 41.2 Å². The Balaban J connectivity index is 2.12. The van der Waals surface area contributed by atoms with Crippen LogP contribution in [0, 0.1) is 3.57 Å². The van der Waals surface area contributed by atoms with Crippen molar-refractivity contribution in [2.45, 2.75) is 19.8 Å². The Morgan fingerprint density at radius 2 is 2.05 bits per heavy atom. The number of carbonyl (C=O) groups is 1. The highest BCUT2D eigenvalue weighted by molar-refractivity contribution is 14.1. The molecule has 1 heterocycles. The van der Waals surface area contributed by atoms with Gasteiger partial charge in [-0.3, -0.25) is 10.1 Å². The van der Waals surface area contributed by atoms with E-state index in [-0.39, 0.29) is 11.2 Å². The molecule has 116 valence electrons. The molecule has 0 saturated heterocycles. The summed E-state index contributed by atoms with van der Waals surface area (Å²) in [6, 6.07) is 11.1. The van der Waals surface area contributed by atoms with E-state index in [0.717, 1.165) is 22.0 Å². The highest BCUT2D eigenvalue weighted by Gasteiger charge is 2.09. The fraction of sp³-hybridized carbons (Fsp3) is 0.250. The van der Waals surface area contributed by atoms with E-state index in [0.29, 0.717) is 12.3 Å². The Hall–Kier alpha value is -1.83. The highest BCUT2D eigenvalue weighted by Crippen LogP contribution is 2.22. The molecule has 1 amide bonds. The molecule has 5 nitrogen and oxygen atoms in total. The maximum atomic E-state index is 12.1. The number of amides is 1. The molecule has 0 fully saturated rings. The fourth-order valence-electron chi connectivity index (χ4n) is 1.86. The summed E-state index contributed by atoms with van der Waals surface area (Å²) in [6.07, 6.45) is 1.13. The number of aromatic amines is 1. The molecule has 0 atom stereocenters. The lowest BCUT2D eigenvalue weighted by Gasteiger charge is -2.08. The van der Waals surface area contributed by atoms with Crippen LogP contribution >= 0.6 is 22.6 Å². The van der Waals surface area contributed by atoms with Crippen LogP contribution in [-0.4, -0.2) is 17.7 Å². The van der Waals surface area contributed by atoms with Crippen molar-refractivity contribution < 1.29 is 9.53 Å². The molecule has 2 aromatic rings. The predicted octanol–water partition coefficient (Wildman–Crippen LogP) is 4.00. The van der Waals surface area contributed by atoms with Crippen molar-refractivity contribution in [1.29, 1.82) is 0 Å². The standard InChI is InChI=1S/C16H17IN2O3/c1-2-3-10-22-16(21)19-14-9-8-13(18-15(14)20)11-6-4-5-7-12(11)17/h4-9H,2-3,10H2,1H3,(H,18,20)(H,19,21). The van der Waals surface area contributed by atoms with Crippen LogP contribution in [0.2, 0.25) is 0 Å². The van der Waals surface area contributed by atoms with Crippen LogP contribution in [0.3, 0.4) is 0 Å². The number of aromatic nitrogens is 1. The molecule has 0 aliphatic heterocycles. The first-order chi connectivity index (χ1) is 10.6. The smallest absolute Gasteiger partial charge is 0.411 e. The summed E-state index contributed by atoms with van der Waals surface area (Å²) in [4.78, 5) is 26.4. The van der Waals surface area contributed by atoms with Gasteiger partial charge in [0, 0.05) is 14.8 Å². The second kappa shape index (κ2) is 7.98. The van der Waals surface area contributed by atoms with Gasteiger partial charge in [-0.05, 0) is 47.2 Å². The molecule has 0 bridgehead atoms. The molecule has 0 saturated carbocycles. The third kappa shape index (κ3) is 4.33. The van der Waals surface area contributed by atoms with E-state index >= 15 is 0 Å². The van der Waals surface area contributed by atoms with Crippen LogP contribution < -0.4 is 10.9 Å². The Kier molecular flexibility index (Phi) is 6.00. The van der Waals surface area contributed by atoms with Gasteiger partial charge in [0.05, 0.1) is 6.61 Å². The first kappa shape index (κ1) is 16.5. The molecule has 22 heavy (non-hydrogen) atoms. The SMILES string of the molecule is CCCCOC(=O)Nc1ccc(-c2ccccc2I)[nH]c1=O. The largest absolute Gasteiger partial charge is 0.449 e. The number of nitrogens with one attached hydrogen (secondary N) is 2. The number of benzene rings is 1. The normalized spacial score (nSPS) is 10.3. The number of rotatable bonds is 5. The van der Waals surface area contributed by atoms with Gasteiger partial charge in [0.2, 0.25) is 0 Å². The van der Waals surface area contributed by atoms with E-state index in [4.69, 9.17) is 4.74 Å². The van der Waals surface area contributed by atoms with Gasteiger partial charge < -0.3 is 9.72 Å². The summed E-state index contributed by atoms with van der Waals surface area (Å²) in [5.74, 6) is 0. The van der Waals surface area contributed by atoms with Crippen molar-refractivity contribution >= 4 is 34.4 Å². The van der Waals surface area contributed by atoms with Gasteiger partial charge in [0.25, 0.3) is 5.56 Å². The van der Waals surface area contributed by atoms with Crippen molar-refractivity contribution in [1.82, 2.24) is 4.98 Å². The van der Waals surface area contributed by atoms with E-state index in [9.17, 15) is 9.59 Å². The Labute approximate surface area is 142 Å². The lowest BCUT2D eigenvalue weighted by Crippen LogP contribution is -2.21. The third-order valence-corrected chi connectivity index (χ3v) is 3.98. The van der Waals surface area contributed by atoms with Crippen LogP contribution in [0.4, 0.5) is 10.5 Å². The summed E-state index contributed by atoms with van der Waals surface area (Å²) in [5.41, 5.74) is 1.47. The minimum Gasteiger partial charge on any atom is -0.449 e. The molecule has 0 spiro atoms. The predicted molar refractivity (Wildman–Crippen MR) is 95.1 cm³/mol. The number of carbonyl (C=O) groups excluding carboxylic acids is 1. The van der Waals surface area contributed by atoms with E-state index in [1.807, 2.05) is 31.2 Å². The molecular weight excluding hydrogens is 395 g/mol. The average Bonchev–Trinajstić information content (AvgIpc) is 2.50. The molecule has 2 rings (SSSR count). The van der Waals surface area contributed by atoms with Crippen LogP contribution in [0.1, 0.15) is 19.8 Å². The summed E-state index contributed by atoms with van der Waals surface area (Å²) in [7, 11) is 0. The Morgan fingerprint density at radius 3 is 2.73 bits per heavy atom. The van der Waals surface area contributed by atoms with Crippen LogP contribution in [0.25, 0.3) is 11.3 Å². The summed E-state index contributed by atoms with van der Waals surface area (Å²) in [5, 5.41) is 2.46. The lowest BCUT2D eigenvalue weighted by molar-refractivity contribution is 0.160. The van der Waals surface area contributed by atoms with Gasteiger partial charge in [-0.2, -0.15) is 0 Å². The summed E-state index contributed by atoms with van der Waals surface area (Å²) in [6.45, 7) is 2.36. The van der Waals surface area contributed by atoms with Crippen molar-refractivity contribution in [3.63, 3.8) is 0 Å². The molecule has 1 aromatic carbocycles. The average molecular weight is 412 g/mol. The van der Waals surface area contributed by atoms with Crippen LogP contribution in [0.5, 0.6) is 0 Å². The van der Waals surface area contributed by atoms with E-state index in [2.05, 4.69) is 32.9 Å². The highest BCUT2D eigenvalue weighted by atomic mass is 127. The minimum absolute atomic E-state index is 0.177. The van der Waals surface area contributed by atoms with Crippen molar-refractivity contribution in [3.05, 3.63) is 50.3 Å². The van der Waals surface area contributed by atoms with Gasteiger partial charge in [-0.25, -0.2) is 4.79 Å². The molecule has 6 heteroatoms. The number of hydrogen-bond donors (Lipinski definition) is 2. The van der Waals surface area contributed by atoms with Gasteiger partial charge in [0.15, 0.2) is 0 Å². The zero-order valence-electron chi connectivity index (χ0n) is 12.2. The molecule has 0 unspecified atom stereocenters. The maximum Gasteiger partial charge on any atom is 0.411 e. The van der Waals surface area contributed by atoms with E-state index in [1.54, 1.807) is 12.1 Å². The lowest BCUT2D eigenvalue weighted by atomic mass is 10.1. The quantitative estimate of drug-likeness (QED) is 0.576. The Morgan fingerprint density at radius 1 is 1.27 bits per heavy atom. The molecule has 1 aromatic heterocycles. The van der Waals surface area contributed by atoms with E-state index in [1.165, 1.54) is 0 Å². The van der Waals surface area contributed by atoms with Gasteiger partial charge in [-0.15, -0.1) is 0 Å². The zero-order valence-corrected chi connectivity index (χ0v) is 14.3. The molecule has 0 aliphatic carbocycles. The van der Waals surface area contributed by atoms with Crippen LogP contribution in [-0.2, 0) is 4.74 Å². The number of unbranched alkanes of at least 4 members (excludes halogenated alkanes) is 1. The van der Waals surface area contributed by atoms with Crippen molar-refractivity contribution in [2.75, 3.05) is 11.9 Å². The number of halogens is 1. The summed E-state index contributed by atoms with van der Waals surface area (Å²) >= 11 is 2.21. The number of pyridine rings is 1. The third-order valence-electron chi connectivity index (χ3n) is 3.04. The minimum atomic E-state index is -0.610. The summed E-state index contributed by atoms with van der Waals surface area (Å²) < 4.78 is 6.01. The molecule has 0 radical (unpaired) electrons. The van der Waals surface area contributed by atoms with Gasteiger partial charge in [0.1, 0.15) is 5.69 Å². The second-order valence-corrected chi connectivity index (χ2v) is 5.87. The fourth-order valence-corrected chi connectivity index (χ4v) is 2.54. The Bertz CT molecular complexity index is 713. The topological polar surface area (TPSA) is 71.2 Å². The van der Waals surface area contributed by atoms with Gasteiger partial charge in [-0.1, -0.05) is 31.5 Å². The van der Waals surface area contributed by atoms with Crippen molar-refractivity contribution in [3.8, 4) is 11.3 Å². The maximum absolute atomic E-state index is 12.1. The molecule has 2 N–H and O–H groups in total. The monoisotopic (exact) mass is 412 g/mol.